The Morgan fingerprint density at radius 2 is 2.17 bits per heavy atom. The zero-order valence-corrected chi connectivity index (χ0v) is 7.84. The molecule has 0 aromatic rings. The van der Waals surface area contributed by atoms with Gasteiger partial charge in [0.25, 0.3) is 0 Å². The Kier molecular flexibility index (Phi) is 3.09. The van der Waals surface area contributed by atoms with Crippen LogP contribution in [0.3, 0.4) is 0 Å². The summed E-state index contributed by atoms with van der Waals surface area (Å²) in [4.78, 5) is 11.0. The summed E-state index contributed by atoms with van der Waals surface area (Å²) in [5, 5.41) is 3.21. The number of rotatable bonds is 5. The molecule has 0 radical (unpaired) electrons. The molecule has 1 amide bonds. The number of amides is 1. The van der Waals surface area contributed by atoms with E-state index >= 15 is 0 Å². The Hall–Kier alpha value is -0.570. The number of hydrogen-bond acceptors (Lipinski definition) is 2. The lowest BCUT2D eigenvalue weighted by Crippen LogP contribution is -2.44. The third kappa shape index (κ3) is 2.81. The van der Waals surface area contributed by atoms with Gasteiger partial charge >= 0.3 is 0 Å². The molecule has 0 heterocycles. The normalized spacial score (nSPS) is 19.6. The Morgan fingerprint density at radius 3 is 2.50 bits per heavy atom. The molecule has 12 heavy (non-hydrogen) atoms. The predicted molar refractivity (Wildman–Crippen MR) is 48.5 cm³/mol. The van der Waals surface area contributed by atoms with E-state index in [-0.39, 0.29) is 11.9 Å². The number of nitrogens with two attached hydrogens (primary N) is 1. The Morgan fingerprint density at radius 1 is 1.58 bits per heavy atom. The molecule has 0 aromatic heterocycles. The van der Waals surface area contributed by atoms with Gasteiger partial charge in [-0.25, -0.2) is 0 Å². The zero-order chi connectivity index (χ0) is 9.14. The fourth-order valence-electron chi connectivity index (χ4n) is 1.29. The van der Waals surface area contributed by atoms with Crippen molar-refractivity contribution < 1.29 is 4.79 Å². The zero-order valence-electron chi connectivity index (χ0n) is 7.84. The Balaban J connectivity index is 2.28. The van der Waals surface area contributed by atoms with E-state index in [2.05, 4.69) is 19.2 Å². The molecule has 0 aliphatic heterocycles. The van der Waals surface area contributed by atoms with Gasteiger partial charge < -0.3 is 11.1 Å². The first-order valence-corrected chi connectivity index (χ1v) is 4.64. The van der Waals surface area contributed by atoms with E-state index < -0.39 is 0 Å². The molecule has 3 nitrogen and oxygen atoms in total. The lowest BCUT2D eigenvalue weighted by Gasteiger charge is -2.15. The topological polar surface area (TPSA) is 55.1 Å². The van der Waals surface area contributed by atoms with Crippen LogP contribution in [0.1, 0.15) is 26.7 Å². The summed E-state index contributed by atoms with van der Waals surface area (Å²) in [6, 6.07) is -0.0765. The van der Waals surface area contributed by atoms with Crippen molar-refractivity contribution in [2.75, 3.05) is 6.54 Å². The lowest BCUT2D eigenvalue weighted by molar-refractivity contribution is -0.120. The summed E-state index contributed by atoms with van der Waals surface area (Å²) in [5.41, 5.74) is 5.26. The molecule has 0 saturated heterocycles. The maximum atomic E-state index is 11.0. The highest BCUT2D eigenvalue weighted by atomic mass is 16.1. The Bertz CT molecular complexity index is 164. The molecule has 3 N–H and O–H groups in total. The van der Waals surface area contributed by atoms with E-state index in [0.29, 0.717) is 11.8 Å². The van der Waals surface area contributed by atoms with Gasteiger partial charge in [0, 0.05) is 0 Å². The average Bonchev–Trinajstić information content (AvgIpc) is 2.69. The molecule has 0 aromatic carbocycles. The summed E-state index contributed by atoms with van der Waals surface area (Å²) in [7, 11) is 0. The van der Waals surface area contributed by atoms with Crippen LogP contribution in [-0.2, 0) is 4.79 Å². The first-order valence-electron chi connectivity index (χ1n) is 4.64. The minimum absolute atomic E-state index is 0.0765. The third-order valence-electron chi connectivity index (χ3n) is 2.15. The van der Waals surface area contributed by atoms with Crippen LogP contribution in [-0.4, -0.2) is 18.5 Å². The average molecular weight is 170 g/mol. The van der Waals surface area contributed by atoms with E-state index in [1.807, 2.05) is 0 Å². The maximum Gasteiger partial charge on any atom is 0.234 e. The third-order valence-corrected chi connectivity index (χ3v) is 2.15. The number of primary amides is 1. The number of carbonyl (C=O) groups is 1. The van der Waals surface area contributed by atoms with Gasteiger partial charge in [-0.15, -0.1) is 0 Å². The lowest BCUT2D eigenvalue weighted by atomic mass is 10.1. The van der Waals surface area contributed by atoms with Crippen molar-refractivity contribution in [1.82, 2.24) is 5.32 Å². The van der Waals surface area contributed by atoms with Crippen molar-refractivity contribution in [2.24, 2.45) is 17.6 Å². The molecule has 1 atom stereocenters. The minimum atomic E-state index is -0.196. The number of carbonyl (C=O) groups excluding carboxylic acids is 1. The molecule has 1 saturated carbocycles. The van der Waals surface area contributed by atoms with Crippen molar-refractivity contribution in [3.8, 4) is 0 Å². The summed E-state index contributed by atoms with van der Waals surface area (Å²) in [5.74, 6) is 0.894. The monoisotopic (exact) mass is 170 g/mol. The molecule has 1 rings (SSSR count). The van der Waals surface area contributed by atoms with Crippen molar-refractivity contribution in [3.05, 3.63) is 0 Å². The molecule has 0 spiro atoms. The van der Waals surface area contributed by atoms with Gasteiger partial charge in [0.1, 0.15) is 0 Å². The maximum absolute atomic E-state index is 11.0. The van der Waals surface area contributed by atoms with Gasteiger partial charge in [0.05, 0.1) is 6.04 Å². The van der Waals surface area contributed by atoms with Crippen LogP contribution in [0.5, 0.6) is 0 Å². The smallest absolute Gasteiger partial charge is 0.234 e. The molecule has 1 fully saturated rings. The molecular weight excluding hydrogens is 152 g/mol. The van der Waals surface area contributed by atoms with E-state index in [4.69, 9.17) is 5.73 Å². The molecule has 70 valence electrons. The highest BCUT2D eigenvalue weighted by Gasteiger charge is 2.34. The summed E-state index contributed by atoms with van der Waals surface area (Å²) in [6.07, 6.45) is 2.30. The van der Waals surface area contributed by atoms with Gasteiger partial charge in [0.15, 0.2) is 0 Å². The van der Waals surface area contributed by atoms with Gasteiger partial charge in [0.2, 0.25) is 5.91 Å². The first-order chi connectivity index (χ1) is 5.61. The largest absolute Gasteiger partial charge is 0.368 e. The summed E-state index contributed by atoms with van der Waals surface area (Å²) >= 11 is 0. The van der Waals surface area contributed by atoms with Crippen molar-refractivity contribution in [3.63, 3.8) is 0 Å². The van der Waals surface area contributed by atoms with Gasteiger partial charge in [-0.3, -0.25) is 4.79 Å². The standard InChI is InChI=1S/C9H18N2O/c1-6(2)5-11-8(9(10)12)7-3-4-7/h6-8,11H,3-5H2,1-2H3,(H2,10,12). The molecule has 3 heteroatoms. The van der Waals surface area contributed by atoms with E-state index in [1.54, 1.807) is 0 Å². The molecular formula is C9H18N2O. The van der Waals surface area contributed by atoms with E-state index in [1.165, 1.54) is 0 Å². The van der Waals surface area contributed by atoms with Crippen molar-refractivity contribution in [1.29, 1.82) is 0 Å². The molecule has 1 unspecified atom stereocenters. The predicted octanol–water partition coefficient (Wildman–Crippen LogP) is 0.496. The van der Waals surface area contributed by atoms with Gasteiger partial charge in [-0.2, -0.15) is 0 Å². The van der Waals surface area contributed by atoms with Gasteiger partial charge in [-0.1, -0.05) is 13.8 Å². The summed E-state index contributed by atoms with van der Waals surface area (Å²) in [6.45, 7) is 5.13. The fraction of sp³-hybridized carbons (Fsp3) is 0.889. The molecule has 1 aliphatic rings. The van der Waals surface area contributed by atoms with Crippen LogP contribution >= 0.6 is 0 Å². The number of nitrogens with one attached hydrogen (secondary N) is 1. The SMILES string of the molecule is CC(C)CNC(C(N)=O)C1CC1. The highest BCUT2D eigenvalue weighted by molar-refractivity contribution is 5.80. The second kappa shape index (κ2) is 3.90. The van der Waals surface area contributed by atoms with Crippen LogP contribution in [0.25, 0.3) is 0 Å². The summed E-state index contributed by atoms with van der Waals surface area (Å²) < 4.78 is 0. The highest BCUT2D eigenvalue weighted by Crippen LogP contribution is 2.32. The van der Waals surface area contributed by atoms with Crippen LogP contribution < -0.4 is 11.1 Å². The van der Waals surface area contributed by atoms with E-state index in [0.717, 1.165) is 19.4 Å². The van der Waals surface area contributed by atoms with Crippen LogP contribution in [0, 0.1) is 11.8 Å². The molecule has 1 aliphatic carbocycles. The van der Waals surface area contributed by atoms with Crippen LogP contribution in [0.15, 0.2) is 0 Å². The van der Waals surface area contributed by atoms with Crippen molar-refractivity contribution >= 4 is 5.91 Å². The molecule has 0 bridgehead atoms. The minimum Gasteiger partial charge on any atom is -0.368 e. The quantitative estimate of drug-likeness (QED) is 0.631. The first kappa shape index (κ1) is 9.52. The Labute approximate surface area is 73.7 Å². The van der Waals surface area contributed by atoms with E-state index in [9.17, 15) is 4.79 Å². The van der Waals surface area contributed by atoms with Crippen LogP contribution in [0.4, 0.5) is 0 Å². The second-order valence-electron chi connectivity index (χ2n) is 4.02. The fourth-order valence-corrected chi connectivity index (χ4v) is 1.29. The second-order valence-corrected chi connectivity index (χ2v) is 4.02. The van der Waals surface area contributed by atoms with Crippen molar-refractivity contribution in [2.45, 2.75) is 32.7 Å². The van der Waals surface area contributed by atoms with Crippen LogP contribution in [0.2, 0.25) is 0 Å². The number of hydrogen-bond donors (Lipinski definition) is 2. The van der Waals surface area contributed by atoms with Gasteiger partial charge in [-0.05, 0) is 31.2 Å².